The van der Waals surface area contributed by atoms with Crippen molar-refractivity contribution in [3.8, 4) is 12.3 Å². The van der Waals surface area contributed by atoms with E-state index in [0.29, 0.717) is 0 Å². The first-order valence-electron chi connectivity index (χ1n) is 8.01. The van der Waals surface area contributed by atoms with E-state index in [9.17, 15) is 35.4 Å². The highest BCUT2D eigenvalue weighted by molar-refractivity contribution is 5.81. The molecular weight excluding hydrogens is 370 g/mol. The summed E-state index contributed by atoms with van der Waals surface area (Å²) in [5.41, 5.74) is 0. The van der Waals surface area contributed by atoms with Crippen LogP contribution in [0.3, 0.4) is 0 Å². The Morgan fingerprint density at radius 3 is 2.30 bits per heavy atom. The molecule has 0 spiro atoms. The molecule has 1 aliphatic rings. The lowest BCUT2D eigenvalue weighted by molar-refractivity contribution is -0.326. The van der Waals surface area contributed by atoms with Crippen LogP contribution < -0.4 is 5.32 Å². The maximum absolute atomic E-state index is 11.7. The molecule has 27 heavy (non-hydrogen) atoms. The number of aliphatic hydroxyl groups is 8. The summed E-state index contributed by atoms with van der Waals surface area (Å²) >= 11 is 0. The predicted octanol–water partition coefficient (Wildman–Crippen LogP) is -6.00. The molecule has 1 fully saturated rings. The molecule has 9 N–H and O–H groups in total. The molecule has 1 amide bonds. The maximum Gasteiger partial charge on any atom is 0.252 e. The number of ether oxygens (including phenoxy) is 2. The molecule has 0 aromatic heterocycles. The zero-order chi connectivity index (χ0) is 20.7. The minimum absolute atomic E-state index is 0.247. The second-order valence-corrected chi connectivity index (χ2v) is 5.91. The number of amides is 1. The normalized spacial score (nSPS) is 32.8. The van der Waals surface area contributed by atoms with Crippen LogP contribution in [0.5, 0.6) is 0 Å². The molecule has 0 aromatic carbocycles. The predicted molar refractivity (Wildman–Crippen MR) is 85.6 cm³/mol. The second-order valence-electron chi connectivity index (χ2n) is 5.91. The maximum atomic E-state index is 11.7. The smallest absolute Gasteiger partial charge is 0.252 e. The SMILES string of the molecule is C#CCNC(=O)[C@H](O)[C@@H](O)[C@H](O[C@@H]1O[C@H](CO)[C@H](O)[C@H](O)[C@H]1O)[C@H](O)CO. The van der Waals surface area contributed by atoms with Crippen LogP contribution in [-0.4, -0.2) is 122 Å². The monoisotopic (exact) mass is 395 g/mol. The third-order valence-electron chi connectivity index (χ3n) is 4.00. The largest absolute Gasteiger partial charge is 0.394 e. The van der Waals surface area contributed by atoms with E-state index in [1.165, 1.54) is 0 Å². The van der Waals surface area contributed by atoms with E-state index in [4.69, 9.17) is 26.1 Å². The van der Waals surface area contributed by atoms with Crippen molar-refractivity contribution < 1.29 is 55.1 Å². The van der Waals surface area contributed by atoms with Gasteiger partial charge in [-0.1, -0.05) is 5.92 Å². The fourth-order valence-corrected chi connectivity index (χ4v) is 2.41. The molecule has 12 nitrogen and oxygen atoms in total. The summed E-state index contributed by atoms with van der Waals surface area (Å²) in [6, 6.07) is 0. The van der Waals surface area contributed by atoms with Crippen LogP contribution in [0.25, 0.3) is 0 Å². The average molecular weight is 395 g/mol. The van der Waals surface area contributed by atoms with Gasteiger partial charge in [0, 0.05) is 0 Å². The van der Waals surface area contributed by atoms with Crippen LogP contribution in [0.2, 0.25) is 0 Å². The Bertz CT molecular complexity index is 510. The van der Waals surface area contributed by atoms with Gasteiger partial charge in [0.15, 0.2) is 12.4 Å². The Balaban J connectivity index is 2.93. The third-order valence-corrected chi connectivity index (χ3v) is 4.00. The van der Waals surface area contributed by atoms with E-state index in [-0.39, 0.29) is 6.54 Å². The number of terminal acetylenes is 1. The lowest BCUT2D eigenvalue weighted by atomic mass is 9.98. The van der Waals surface area contributed by atoms with Gasteiger partial charge in [0.05, 0.1) is 19.8 Å². The molecule has 1 rings (SSSR count). The van der Waals surface area contributed by atoms with Crippen molar-refractivity contribution >= 4 is 5.91 Å². The van der Waals surface area contributed by atoms with Crippen molar-refractivity contribution in [2.45, 2.75) is 55.1 Å². The van der Waals surface area contributed by atoms with E-state index in [0.717, 1.165) is 0 Å². The fourth-order valence-electron chi connectivity index (χ4n) is 2.41. The summed E-state index contributed by atoms with van der Waals surface area (Å²) in [6.45, 7) is -1.96. The highest BCUT2D eigenvalue weighted by atomic mass is 16.7. The Kier molecular flexibility index (Phi) is 9.50. The van der Waals surface area contributed by atoms with Crippen molar-refractivity contribution in [3.05, 3.63) is 0 Å². The zero-order valence-corrected chi connectivity index (χ0v) is 14.2. The molecule has 156 valence electrons. The number of carbonyl (C=O) groups is 1. The number of nitrogens with one attached hydrogen (secondary N) is 1. The summed E-state index contributed by atoms with van der Waals surface area (Å²) in [5.74, 6) is 0.984. The Labute approximate surface area is 154 Å². The van der Waals surface area contributed by atoms with Crippen molar-refractivity contribution in [2.24, 2.45) is 0 Å². The van der Waals surface area contributed by atoms with Crippen LogP contribution in [-0.2, 0) is 14.3 Å². The molecule has 0 unspecified atom stereocenters. The van der Waals surface area contributed by atoms with Gasteiger partial charge < -0.3 is 55.6 Å². The number of carbonyl (C=O) groups excluding carboxylic acids is 1. The molecule has 0 aromatic rings. The van der Waals surface area contributed by atoms with E-state index < -0.39 is 74.2 Å². The zero-order valence-electron chi connectivity index (χ0n) is 14.2. The van der Waals surface area contributed by atoms with Crippen LogP contribution in [0.4, 0.5) is 0 Å². The van der Waals surface area contributed by atoms with Gasteiger partial charge in [-0.15, -0.1) is 6.42 Å². The van der Waals surface area contributed by atoms with Gasteiger partial charge in [0.25, 0.3) is 5.91 Å². The lowest BCUT2D eigenvalue weighted by Crippen LogP contribution is -2.62. The second kappa shape index (κ2) is 10.8. The van der Waals surface area contributed by atoms with Crippen LogP contribution in [0, 0.1) is 12.3 Å². The average Bonchev–Trinajstić information content (AvgIpc) is 2.68. The van der Waals surface area contributed by atoms with Crippen LogP contribution in [0.15, 0.2) is 0 Å². The summed E-state index contributed by atoms with van der Waals surface area (Å²) < 4.78 is 10.2. The van der Waals surface area contributed by atoms with E-state index in [2.05, 4.69) is 11.2 Å². The van der Waals surface area contributed by atoms with Crippen LogP contribution >= 0.6 is 0 Å². The summed E-state index contributed by atoms with van der Waals surface area (Å²) in [5, 5.41) is 79.6. The minimum atomic E-state index is -2.13. The fraction of sp³-hybridized carbons (Fsp3) is 0.800. The number of rotatable bonds is 9. The molecule has 0 radical (unpaired) electrons. The third kappa shape index (κ3) is 5.80. The molecule has 12 heteroatoms. The number of hydrogen-bond acceptors (Lipinski definition) is 11. The van der Waals surface area contributed by atoms with Crippen molar-refractivity contribution in [2.75, 3.05) is 19.8 Å². The topological polar surface area (TPSA) is 209 Å². The van der Waals surface area contributed by atoms with Crippen molar-refractivity contribution in [1.82, 2.24) is 5.32 Å². The molecule has 0 saturated carbocycles. The van der Waals surface area contributed by atoms with Gasteiger partial charge in [-0.05, 0) is 0 Å². The van der Waals surface area contributed by atoms with Gasteiger partial charge >= 0.3 is 0 Å². The van der Waals surface area contributed by atoms with Gasteiger partial charge in [0.2, 0.25) is 0 Å². The van der Waals surface area contributed by atoms with Crippen molar-refractivity contribution in [1.29, 1.82) is 0 Å². The lowest BCUT2D eigenvalue weighted by Gasteiger charge is -2.42. The van der Waals surface area contributed by atoms with E-state index >= 15 is 0 Å². The van der Waals surface area contributed by atoms with Gasteiger partial charge in [-0.2, -0.15) is 0 Å². The molecule has 1 heterocycles. The van der Waals surface area contributed by atoms with E-state index in [1.54, 1.807) is 0 Å². The summed E-state index contributed by atoms with van der Waals surface area (Å²) in [7, 11) is 0. The molecule has 1 saturated heterocycles. The van der Waals surface area contributed by atoms with Crippen molar-refractivity contribution in [3.63, 3.8) is 0 Å². The molecule has 0 bridgehead atoms. The van der Waals surface area contributed by atoms with E-state index in [1.807, 2.05) is 0 Å². The van der Waals surface area contributed by atoms with Gasteiger partial charge in [-0.3, -0.25) is 4.79 Å². The first-order chi connectivity index (χ1) is 12.7. The number of hydrogen-bond donors (Lipinski definition) is 9. The molecule has 1 aliphatic heterocycles. The standard InChI is InChI=1S/C15H25NO11/c1-2-3-16-14(25)11(23)10(22)13(6(19)4-17)27-15-12(24)9(21)8(20)7(5-18)26-15/h1,6-13,15,17-24H,3-5H2,(H,16,25)/t6-,7-,8+,9+,10-,11-,12-,13-,15+/m1/s1. The minimum Gasteiger partial charge on any atom is -0.394 e. The summed E-state index contributed by atoms with van der Waals surface area (Å²) in [4.78, 5) is 11.7. The Morgan fingerprint density at radius 1 is 1.15 bits per heavy atom. The Hall–Kier alpha value is -1.37. The molecule has 9 atom stereocenters. The Morgan fingerprint density at radius 2 is 1.78 bits per heavy atom. The number of aliphatic hydroxyl groups excluding tert-OH is 8. The highest BCUT2D eigenvalue weighted by Crippen LogP contribution is 2.25. The highest BCUT2D eigenvalue weighted by Gasteiger charge is 2.47. The first kappa shape index (κ1) is 23.7. The van der Waals surface area contributed by atoms with Crippen LogP contribution in [0.1, 0.15) is 0 Å². The van der Waals surface area contributed by atoms with Gasteiger partial charge in [0.1, 0.15) is 42.7 Å². The summed E-state index contributed by atoms with van der Waals surface area (Å²) in [6.07, 6.45) is -11.4. The molecule has 0 aliphatic carbocycles. The molecular formula is C15H25NO11. The first-order valence-corrected chi connectivity index (χ1v) is 8.01. The van der Waals surface area contributed by atoms with Gasteiger partial charge in [-0.25, -0.2) is 0 Å². The quantitative estimate of drug-likeness (QED) is 0.168.